The summed E-state index contributed by atoms with van der Waals surface area (Å²) in [5.74, 6) is -0.192. The second kappa shape index (κ2) is 6.81. The Balaban J connectivity index is 1.81. The van der Waals surface area contributed by atoms with Crippen LogP contribution < -0.4 is 0 Å². The van der Waals surface area contributed by atoms with Crippen LogP contribution in [0.2, 0.25) is 0 Å². The van der Waals surface area contributed by atoms with Crippen LogP contribution in [-0.2, 0) is 6.42 Å². The van der Waals surface area contributed by atoms with Crippen molar-refractivity contribution in [2.24, 2.45) is 5.11 Å². The predicted molar refractivity (Wildman–Crippen MR) is 74.4 cm³/mol. The lowest BCUT2D eigenvalue weighted by Gasteiger charge is -2.00. The average Bonchev–Trinajstić information content (AvgIpc) is 2.80. The van der Waals surface area contributed by atoms with Crippen molar-refractivity contribution in [3.63, 3.8) is 0 Å². The molecule has 2 rings (SSSR count). The Kier molecular flexibility index (Phi) is 4.81. The average molecular weight is 260 g/mol. The highest BCUT2D eigenvalue weighted by Crippen LogP contribution is 2.21. The number of azide groups is 1. The summed E-state index contributed by atoms with van der Waals surface area (Å²) >= 11 is 0. The summed E-state index contributed by atoms with van der Waals surface area (Å²) < 4.78 is 13.2. The topological polar surface area (TPSA) is 64.6 Å². The third-order valence-electron chi connectivity index (χ3n) is 3.25. The van der Waals surface area contributed by atoms with Gasteiger partial charge in [0.25, 0.3) is 0 Å². The molecule has 0 fully saturated rings. The van der Waals surface area contributed by atoms with Crippen molar-refractivity contribution in [1.29, 1.82) is 0 Å². The highest BCUT2D eigenvalue weighted by Gasteiger charge is 2.04. The van der Waals surface area contributed by atoms with Crippen molar-refractivity contribution in [2.75, 3.05) is 6.54 Å². The SMILES string of the molecule is [N-]=[N+]=NCCCCCCc1c[nH]c2ccc(F)cc12. The van der Waals surface area contributed by atoms with Gasteiger partial charge in [0, 0.05) is 28.6 Å². The van der Waals surface area contributed by atoms with Crippen LogP contribution >= 0.6 is 0 Å². The van der Waals surface area contributed by atoms with Crippen LogP contribution in [-0.4, -0.2) is 11.5 Å². The molecular formula is C14H17FN4. The number of hydrogen-bond acceptors (Lipinski definition) is 1. The molecule has 0 unspecified atom stereocenters. The first-order valence-electron chi connectivity index (χ1n) is 6.57. The predicted octanol–water partition coefficient (Wildman–Crippen LogP) is 4.72. The van der Waals surface area contributed by atoms with E-state index in [1.807, 2.05) is 6.20 Å². The van der Waals surface area contributed by atoms with Crippen LogP contribution in [0.25, 0.3) is 21.3 Å². The molecule has 4 nitrogen and oxygen atoms in total. The van der Waals surface area contributed by atoms with Crippen molar-refractivity contribution in [3.8, 4) is 0 Å². The van der Waals surface area contributed by atoms with Gasteiger partial charge in [0.2, 0.25) is 0 Å². The van der Waals surface area contributed by atoms with E-state index in [1.54, 1.807) is 12.1 Å². The molecule has 2 aromatic rings. The molecule has 100 valence electrons. The van der Waals surface area contributed by atoms with Gasteiger partial charge in [0.1, 0.15) is 5.82 Å². The second-order valence-corrected chi connectivity index (χ2v) is 4.62. The summed E-state index contributed by atoms with van der Waals surface area (Å²) in [6.07, 6.45) is 7.08. The maximum Gasteiger partial charge on any atom is 0.123 e. The fourth-order valence-corrected chi connectivity index (χ4v) is 2.25. The van der Waals surface area contributed by atoms with Crippen LogP contribution in [0, 0.1) is 5.82 Å². The number of aromatic nitrogens is 1. The van der Waals surface area contributed by atoms with Crippen molar-refractivity contribution < 1.29 is 4.39 Å². The zero-order valence-electron chi connectivity index (χ0n) is 10.8. The van der Waals surface area contributed by atoms with Crippen molar-refractivity contribution in [3.05, 3.63) is 46.2 Å². The number of unbranched alkanes of at least 4 members (excludes halogenated alkanes) is 3. The summed E-state index contributed by atoms with van der Waals surface area (Å²) in [5.41, 5.74) is 10.3. The molecule has 0 aliphatic heterocycles. The van der Waals surface area contributed by atoms with Gasteiger partial charge in [-0.25, -0.2) is 4.39 Å². The Hall–Kier alpha value is -2.00. The number of aryl methyl sites for hydroxylation is 1. The summed E-state index contributed by atoms with van der Waals surface area (Å²) in [6.45, 7) is 0.578. The molecule has 1 N–H and O–H groups in total. The van der Waals surface area contributed by atoms with Crippen LogP contribution in [0.15, 0.2) is 29.5 Å². The number of hydrogen-bond donors (Lipinski definition) is 1. The van der Waals surface area contributed by atoms with Gasteiger partial charge < -0.3 is 4.98 Å². The lowest BCUT2D eigenvalue weighted by Crippen LogP contribution is -1.86. The molecular weight excluding hydrogens is 243 g/mol. The van der Waals surface area contributed by atoms with Gasteiger partial charge in [0.15, 0.2) is 0 Å². The Bertz CT molecular complexity index is 584. The minimum Gasteiger partial charge on any atom is -0.361 e. The van der Waals surface area contributed by atoms with Crippen molar-refractivity contribution in [2.45, 2.75) is 32.1 Å². The highest BCUT2D eigenvalue weighted by atomic mass is 19.1. The number of benzene rings is 1. The Morgan fingerprint density at radius 3 is 2.89 bits per heavy atom. The first-order valence-corrected chi connectivity index (χ1v) is 6.57. The summed E-state index contributed by atoms with van der Waals surface area (Å²) in [4.78, 5) is 5.88. The number of aromatic amines is 1. The van der Waals surface area contributed by atoms with E-state index in [1.165, 1.54) is 11.6 Å². The molecule has 5 heteroatoms. The minimum absolute atomic E-state index is 0.192. The molecule has 1 heterocycles. The lowest BCUT2D eigenvalue weighted by atomic mass is 10.1. The van der Waals surface area contributed by atoms with Gasteiger partial charge in [-0.05, 0) is 48.6 Å². The van der Waals surface area contributed by atoms with Crippen molar-refractivity contribution >= 4 is 10.9 Å². The fraction of sp³-hybridized carbons (Fsp3) is 0.429. The van der Waals surface area contributed by atoms with E-state index in [2.05, 4.69) is 15.0 Å². The van der Waals surface area contributed by atoms with Gasteiger partial charge in [-0.2, -0.15) is 0 Å². The van der Waals surface area contributed by atoms with E-state index in [9.17, 15) is 4.39 Å². The van der Waals surface area contributed by atoms with E-state index in [0.717, 1.165) is 43.0 Å². The molecule has 0 atom stereocenters. The zero-order valence-corrected chi connectivity index (χ0v) is 10.8. The normalized spacial score (nSPS) is 10.6. The van der Waals surface area contributed by atoms with E-state index in [0.29, 0.717) is 6.54 Å². The fourth-order valence-electron chi connectivity index (χ4n) is 2.25. The Morgan fingerprint density at radius 2 is 2.05 bits per heavy atom. The molecule has 0 bridgehead atoms. The van der Waals surface area contributed by atoms with E-state index >= 15 is 0 Å². The molecule has 19 heavy (non-hydrogen) atoms. The Labute approximate surface area is 111 Å². The molecule has 0 spiro atoms. The number of fused-ring (bicyclic) bond motifs is 1. The molecule has 0 amide bonds. The molecule has 0 aliphatic carbocycles. The Morgan fingerprint density at radius 1 is 1.21 bits per heavy atom. The van der Waals surface area contributed by atoms with Gasteiger partial charge >= 0.3 is 0 Å². The molecule has 0 saturated heterocycles. The molecule has 0 aliphatic rings. The molecule has 0 radical (unpaired) electrons. The van der Waals surface area contributed by atoms with Crippen molar-refractivity contribution in [1.82, 2.24) is 4.98 Å². The second-order valence-electron chi connectivity index (χ2n) is 4.62. The molecule has 1 aromatic carbocycles. The highest BCUT2D eigenvalue weighted by molar-refractivity contribution is 5.83. The summed E-state index contributed by atoms with van der Waals surface area (Å²) in [5, 5.41) is 4.48. The maximum absolute atomic E-state index is 13.2. The zero-order chi connectivity index (χ0) is 13.5. The van der Waals surface area contributed by atoms with E-state index in [-0.39, 0.29) is 5.82 Å². The maximum atomic E-state index is 13.2. The summed E-state index contributed by atoms with van der Waals surface area (Å²) in [6, 6.07) is 4.83. The third-order valence-corrected chi connectivity index (χ3v) is 3.25. The smallest absolute Gasteiger partial charge is 0.123 e. The standard InChI is InChI=1S/C14H17FN4/c15-12-6-7-14-13(9-12)11(10-17-14)5-3-1-2-4-8-18-19-16/h6-7,9-10,17H,1-5,8H2. The summed E-state index contributed by atoms with van der Waals surface area (Å²) in [7, 11) is 0. The number of nitrogens with zero attached hydrogens (tertiary/aromatic N) is 3. The molecule has 0 saturated carbocycles. The first kappa shape index (κ1) is 13.4. The minimum atomic E-state index is -0.192. The quantitative estimate of drug-likeness (QED) is 0.324. The third kappa shape index (κ3) is 3.73. The number of H-pyrrole nitrogens is 1. The number of nitrogens with one attached hydrogen (secondary N) is 1. The largest absolute Gasteiger partial charge is 0.361 e. The van der Waals surface area contributed by atoms with Crippen LogP contribution in [0.3, 0.4) is 0 Å². The van der Waals surface area contributed by atoms with E-state index in [4.69, 9.17) is 5.53 Å². The first-order chi connectivity index (χ1) is 9.31. The lowest BCUT2D eigenvalue weighted by molar-refractivity contribution is 0.629. The van der Waals surface area contributed by atoms with Gasteiger partial charge in [0.05, 0.1) is 0 Å². The van der Waals surface area contributed by atoms with Gasteiger partial charge in [-0.3, -0.25) is 0 Å². The van der Waals surface area contributed by atoms with Gasteiger partial charge in [-0.15, -0.1) is 0 Å². The van der Waals surface area contributed by atoms with E-state index < -0.39 is 0 Å². The van der Waals surface area contributed by atoms with Crippen LogP contribution in [0.1, 0.15) is 31.2 Å². The van der Waals surface area contributed by atoms with Crippen LogP contribution in [0.4, 0.5) is 4.39 Å². The number of halogens is 1. The van der Waals surface area contributed by atoms with Gasteiger partial charge in [-0.1, -0.05) is 18.0 Å². The molecule has 1 aromatic heterocycles. The number of rotatable bonds is 7. The van der Waals surface area contributed by atoms with Crippen LogP contribution in [0.5, 0.6) is 0 Å². The monoisotopic (exact) mass is 260 g/mol.